The van der Waals surface area contributed by atoms with Gasteiger partial charge in [-0.1, -0.05) is 329 Å². The summed E-state index contributed by atoms with van der Waals surface area (Å²) in [6.07, 6.45) is 72.8. The maximum absolute atomic E-state index is 10.9. The molecule has 0 rings (SSSR count). The van der Waals surface area contributed by atoms with Gasteiger partial charge in [0.05, 0.1) is 0 Å². The van der Waals surface area contributed by atoms with Gasteiger partial charge in [-0.3, -0.25) is 0 Å². The molecule has 0 aromatic carbocycles. The van der Waals surface area contributed by atoms with Gasteiger partial charge in [-0.05, 0) is 24.7 Å². The third-order valence-electron chi connectivity index (χ3n) is 14.0. The number of hydrogen-bond donors (Lipinski definition) is 1. The van der Waals surface area contributed by atoms with Gasteiger partial charge in [0.2, 0.25) is 0 Å². The molecule has 1 nitrogen and oxygen atoms in total. The quantitative estimate of drug-likeness (QED) is 0.0608. The van der Waals surface area contributed by atoms with Crippen LogP contribution in [-0.4, -0.2) is 11.7 Å². The SMILES string of the molecule is CCCCCCCCCCCCCCCCCCC(CO)(CCCCCCCCCCCCCCCCCC)CCCCCCCCCCCCCCCCCC. The minimum absolute atomic E-state index is 0.210. The molecule has 0 aromatic rings. The van der Waals surface area contributed by atoms with E-state index < -0.39 is 0 Å². The predicted molar refractivity (Wildman–Crippen MR) is 262 cm³/mol. The van der Waals surface area contributed by atoms with Crippen molar-refractivity contribution in [1.29, 1.82) is 0 Å². The first-order valence-electron chi connectivity index (χ1n) is 27.9. The van der Waals surface area contributed by atoms with E-state index in [9.17, 15) is 5.11 Å². The van der Waals surface area contributed by atoms with Crippen molar-refractivity contribution in [3.05, 3.63) is 0 Å². The molecule has 0 fully saturated rings. The first-order chi connectivity index (χ1) is 28.2. The van der Waals surface area contributed by atoms with Gasteiger partial charge in [0.1, 0.15) is 0 Å². The summed E-state index contributed by atoms with van der Waals surface area (Å²) < 4.78 is 0. The average Bonchev–Trinajstić information content (AvgIpc) is 3.22. The third kappa shape index (κ3) is 45.3. The molecule has 1 heteroatoms. The summed E-state index contributed by atoms with van der Waals surface area (Å²) in [5.41, 5.74) is 0.210. The predicted octanol–water partition coefficient (Wildman–Crippen LogP) is 20.9. The molecule has 0 saturated heterocycles. The van der Waals surface area contributed by atoms with E-state index in [1.165, 1.54) is 327 Å². The van der Waals surface area contributed by atoms with Gasteiger partial charge < -0.3 is 5.11 Å². The van der Waals surface area contributed by atoms with Crippen LogP contribution in [0.4, 0.5) is 0 Å². The summed E-state index contributed by atoms with van der Waals surface area (Å²) in [5, 5.41) is 10.9. The van der Waals surface area contributed by atoms with Crippen LogP contribution in [0, 0.1) is 5.41 Å². The van der Waals surface area contributed by atoms with Crippen molar-refractivity contribution in [3.8, 4) is 0 Å². The van der Waals surface area contributed by atoms with E-state index in [-0.39, 0.29) is 5.41 Å². The fourth-order valence-corrected chi connectivity index (χ4v) is 9.76. The second-order valence-corrected chi connectivity index (χ2v) is 19.8. The zero-order chi connectivity index (χ0) is 41.3. The highest BCUT2D eigenvalue weighted by atomic mass is 16.3. The van der Waals surface area contributed by atoms with Crippen LogP contribution in [0.15, 0.2) is 0 Å². The molecule has 0 spiro atoms. The molecular weight excluding hydrogens is 689 g/mol. The summed E-state index contributed by atoms with van der Waals surface area (Å²) in [4.78, 5) is 0. The summed E-state index contributed by atoms with van der Waals surface area (Å²) in [6.45, 7) is 7.37. The molecule has 344 valence electrons. The van der Waals surface area contributed by atoms with Crippen molar-refractivity contribution in [3.63, 3.8) is 0 Å². The van der Waals surface area contributed by atoms with Crippen LogP contribution in [0.1, 0.15) is 348 Å². The molecule has 0 aliphatic carbocycles. The molecule has 0 saturated carbocycles. The third-order valence-corrected chi connectivity index (χ3v) is 14.0. The molecule has 0 unspecified atom stereocenters. The molecule has 0 heterocycles. The van der Waals surface area contributed by atoms with E-state index in [4.69, 9.17) is 0 Å². The molecule has 0 aromatic heterocycles. The molecule has 0 aliphatic heterocycles. The Morgan fingerprint density at radius 2 is 0.316 bits per heavy atom. The summed E-state index contributed by atoms with van der Waals surface area (Å²) in [6, 6.07) is 0. The fourth-order valence-electron chi connectivity index (χ4n) is 9.76. The molecule has 0 amide bonds. The van der Waals surface area contributed by atoms with Crippen molar-refractivity contribution < 1.29 is 5.11 Å². The normalized spacial score (nSPS) is 12.0. The number of aliphatic hydroxyl groups excluding tert-OH is 1. The largest absolute Gasteiger partial charge is 0.396 e. The van der Waals surface area contributed by atoms with E-state index in [0.717, 1.165) is 0 Å². The first kappa shape index (κ1) is 57.0. The first-order valence-corrected chi connectivity index (χ1v) is 27.9. The van der Waals surface area contributed by atoms with E-state index in [1.54, 1.807) is 0 Å². The average molecular weight is 804 g/mol. The highest BCUT2D eigenvalue weighted by Crippen LogP contribution is 2.37. The maximum Gasteiger partial charge on any atom is 0.0487 e. The van der Waals surface area contributed by atoms with Gasteiger partial charge in [0, 0.05) is 6.61 Å². The summed E-state index contributed by atoms with van der Waals surface area (Å²) in [7, 11) is 0. The molecule has 0 radical (unpaired) electrons. The molecule has 1 N–H and O–H groups in total. The smallest absolute Gasteiger partial charge is 0.0487 e. The maximum atomic E-state index is 10.9. The van der Waals surface area contributed by atoms with Gasteiger partial charge in [-0.15, -0.1) is 0 Å². The zero-order valence-corrected chi connectivity index (χ0v) is 40.7. The zero-order valence-electron chi connectivity index (χ0n) is 40.7. The van der Waals surface area contributed by atoms with Gasteiger partial charge in [-0.25, -0.2) is 0 Å². The van der Waals surface area contributed by atoms with Crippen LogP contribution in [0.2, 0.25) is 0 Å². The minimum atomic E-state index is 0.210. The molecule has 0 aliphatic rings. The Labute approximate surface area is 364 Å². The van der Waals surface area contributed by atoms with Crippen LogP contribution in [0.5, 0.6) is 0 Å². The minimum Gasteiger partial charge on any atom is -0.396 e. The standard InChI is InChI=1S/C56H114O/c1-4-7-10-13-16-19-22-25-28-31-34-37-40-43-46-49-52-56(55-57,53-50-47-44-41-38-35-32-29-26-23-20-17-14-11-8-5-2)54-51-48-45-42-39-36-33-30-27-24-21-18-15-12-9-6-3/h57H,4-55H2,1-3H3. The van der Waals surface area contributed by atoms with E-state index in [0.29, 0.717) is 6.61 Å². The Morgan fingerprint density at radius 3 is 0.439 bits per heavy atom. The molecule has 0 atom stereocenters. The monoisotopic (exact) mass is 803 g/mol. The van der Waals surface area contributed by atoms with Gasteiger partial charge >= 0.3 is 0 Å². The van der Waals surface area contributed by atoms with Gasteiger partial charge in [0.25, 0.3) is 0 Å². The molecule has 57 heavy (non-hydrogen) atoms. The van der Waals surface area contributed by atoms with Crippen LogP contribution in [0.25, 0.3) is 0 Å². The number of aliphatic hydroxyl groups is 1. The number of unbranched alkanes of at least 4 members (excludes halogenated alkanes) is 45. The van der Waals surface area contributed by atoms with E-state index >= 15 is 0 Å². The lowest BCUT2D eigenvalue weighted by atomic mass is 9.74. The van der Waals surface area contributed by atoms with Crippen LogP contribution in [-0.2, 0) is 0 Å². The second-order valence-electron chi connectivity index (χ2n) is 19.8. The van der Waals surface area contributed by atoms with Crippen LogP contribution < -0.4 is 0 Å². The molecule has 0 bridgehead atoms. The van der Waals surface area contributed by atoms with Gasteiger partial charge in [0.15, 0.2) is 0 Å². The van der Waals surface area contributed by atoms with Crippen molar-refractivity contribution in [2.24, 2.45) is 5.41 Å². The topological polar surface area (TPSA) is 20.2 Å². The van der Waals surface area contributed by atoms with Crippen molar-refractivity contribution in [2.45, 2.75) is 348 Å². The lowest BCUT2D eigenvalue weighted by Gasteiger charge is -2.32. The van der Waals surface area contributed by atoms with Crippen molar-refractivity contribution >= 4 is 0 Å². The van der Waals surface area contributed by atoms with Crippen LogP contribution in [0.3, 0.4) is 0 Å². The number of hydrogen-bond acceptors (Lipinski definition) is 1. The second kappa shape index (κ2) is 50.3. The fraction of sp³-hybridized carbons (Fsp3) is 1.00. The van der Waals surface area contributed by atoms with Crippen molar-refractivity contribution in [1.82, 2.24) is 0 Å². The number of rotatable bonds is 52. The summed E-state index contributed by atoms with van der Waals surface area (Å²) >= 11 is 0. The highest BCUT2D eigenvalue weighted by molar-refractivity contribution is 4.79. The lowest BCUT2D eigenvalue weighted by molar-refractivity contribution is 0.0856. The Morgan fingerprint density at radius 1 is 0.193 bits per heavy atom. The molecular formula is C56H114O. The van der Waals surface area contributed by atoms with Gasteiger partial charge in [-0.2, -0.15) is 0 Å². The Bertz CT molecular complexity index is 596. The van der Waals surface area contributed by atoms with Crippen molar-refractivity contribution in [2.75, 3.05) is 6.61 Å². The lowest BCUT2D eigenvalue weighted by Crippen LogP contribution is -2.26. The summed E-state index contributed by atoms with van der Waals surface area (Å²) in [5.74, 6) is 0. The Hall–Kier alpha value is -0.0400. The Kier molecular flexibility index (Phi) is 50.3. The Balaban J connectivity index is 4.19. The van der Waals surface area contributed by atoms with Crippen LogP contribution >= 0.6 is 0 Å². The van der Waals surface area contributed by atoms with E-state index in [2.05, 4.69) is 20.8 Å². The van der Waals surface area contributed by atoms with E-state index in [1.807, 2.05) is 0 Å². The highest BCUT2D eigenvalue weighted by Gasteiger charge is 2.27.